The summed E-state index contributed by atoms with van der Waals surface area (Å²) in [5.41, 5.74) is 1.11. The summed E-state index contributed by atoms with van der Waals surface area (Å²) in [6.45, 7) is 2.93. The van der Waals surface area contributed by atoms with Gasteiger partial charge in [0.2, 0.25) is 0 Å². The quantitative estimate of drug-likeness (QED) is 0.759. The van der Waals surface area contributed by atoms with E-state index in [1.807, 2.05) is 26.4 Å². The van der Waals surface area contributed by atoms with E-state index in [4.69, 9.17) is 0 Å². The second kappa shape index (κ2) is 6.51. The van der Waals surface area contributed by atoms with Gasteiger partial charge in [0.25, 0.3) is 0 Å². The topological polar surface area (TPSA) is 42.7 Å². The van der Waals surface area contributed by atoms with Gasteiger partial charge in [-0.3, -0.25) is 0 Å². The van der Waals surface area contributed by atoms with Crippen LogP contribution in [-0.2, 0) is 13.5 Å². The Labute approximate surface area is 132 Å². The molecule has 0 aliphatic rings. The fourth-order valence-corrected chi connectivity index (χ4v) is 3.84. The average Bonchev–Trinajstić information content (AvgIpc) is 3.18. The maximum Gasteiger partial charge on any atom is 0.131 e. The largest absolute Gasteiger partial charge is 0.336 e. The maximum atomic E-state index is 4.51. The van der Waals surface area contributed by atoms with Gasteiger partial charge < -0.3 is 9.88 Å². The molecule has 110 valence electrons. The normalized spacial score (nSPS) is 12.7. The van der Waals surface area contributed by atoms with Gasteiger partial charge in [-0.05, 0) is 18.4 Å². The molecule has 0 saturated carbocycles. The summed E-state index contributed by atoms with van der Waals surface area (Å²) in [5, 5.41) is 9.01. The third-order valence-electron chi connectivity index (χ3n) is 3.30. The van der Waals surface area contributed by atoms with Crippen LogP contribution in [0.2, 0.25) is 0 Å². The summed E-state index contributed by atoms with van der Waals surface area (Å²) in [7, 11) is 2.04. The van der Waals surface area contributed by atoms with Crippen LogP contribution in [0.15, 0.2) is 35.3 Å². The minimum atomic E-state index is 0.144. The molecule has 6 heteroatoms. The molecule has 3 aromatic rings. The predicted molar refractivity (Wildman–Crippen MR) is 87.9 cm³/mol. The standard InChI is InChI=1S/C15H18N4S2/c1-11-10-21-13(18-11)5-6-16-14(12-4-3-9-20-12)15-17-7-8-19(15)2/h3-4,7-10,14,16H,5-6H2,1-2H3. The molecule has 0 aliphatic heterocycles. The van der Waals surface area contributed by atoms with E-state index in [-0.39, 0.29) is 6.04 Å². The van der Waals surface area contributed by atoms with E-state index in [0.29, 0.717) is 0 Å². The zero-order chi connectivity index (χ0) is 14.7. The number of imidazole rings is 1. The van der Waals surface area contributed by atoms with Crippen molar-refractivity contribution in [2.24, 2.45) is 7.05 Å². The van der Waals surface area contributed by atoms with Gasteiger partial charge in [-0.15, -0.1) is 22.7 Å². The van der Waals surface area contributed by atoms with Crippen molar-refractivity contribution >= 4 is 22.7 Å². The van der Waals surface area contributed by atoms with Crippen LogP contribution in [0.3, 0.4) is 0 Å². The predicted octanol–water partition coefficient (Wildman–Crippen LogP) is 3.17. The molecule has 0 spiro atoms. The molecule has 0 bridgehead atoms. The number of hydrogen-bond acceptors (Lipinski definition) is 5. The van der Waals surface area contributed by atoms with Crippen LogP contribution in [0, 0.1) is 6.92 Å². The molecular weight excluding hydrogens is 300 g/mol. The lowest BCUT2D eigenvalue weighted by atomic mass is 10.2. The van der Waals surface area contributed by atoms with Gasteiger partial charge >= 0.3 is 0 Å². The first kappa shape index (κ1) is 14.4. The number of thiophene rings is 1. The highest BCUT2D eigenvalue weighted by Gasteiger charge is 2.18. The van der Waals surface area contributed by atoms with Crippen molar-refractivity contribution in [2.45, 2.75) is 19.4 Å². The SMILES string of the molecule is Cc1csc(CCNC(c2cccs2)c2nccn2C)n1. The molecule has 3 rings (SSSR count). The number of rotatable bonds is 6. The van der Waals surface area contributed by atoms with Gasteiger partial charge in [0, 0.05) is 48.4 Å². The number of nitrogens with zero attached hydrogens (tertiary/aromatic N) is 3. The van der Waals surface area contributed by atoms with E-state index in [0.717, 1.165) is 24.5 Å². The molecule has 1 atom stereocenters. The van der Waals surface area contributed by atoms with Gasteiger partial charge in [-0.1, -0.05) is 6.07 Å². The van der Waals surface area contributed by atoms with Crippen molar-refractivity contribution in [2.75, 3.05) is 6.54 Å². The van der Waals surface area contributed by atoms with Crippen molar-refractivity contribution in [3.63, 3.8) is 0 Å². The van der Waals surface area contributed by atoms with Crippen LogP contribution in [0.25, 0.3) is 0 Å². The molecule has 0 radical (unpaired) electrons. The van der Waals surface area contributed by atoms with Crippen LogP contribution in [0.1, 0.15) is 27.4 Å². The Kier molecular flexibility index (Phi) is 4.48. The molecule has 0 amide bonds. The lowest BCUT2D eigenvalue weighted by Gasteiger charge is -2.17. The summed E-state index contributed by atoms with van der Waals surface area (Å²) >= 11 is 3.49. The molecular formula is C15H18N4S2. The molecule has 1 unspecified atom stereocenters. The number of aromatic nitrogens is 3. The Morgan fingerprint density at radius 2 is 2.29 bits per heavy atom. The van der Waals surface area contributed by atoms with E-state index >= 15 is 0 Å². The molecule has 0 fully saturated rings. The zero-order valence-corrected chi connectivity index (χ0v) is 13.7. The van der Waals surface area contributed by atoms with Crippen molar-refractivity contribution < 1.29 is 0 Å². The summed E-state index contributed by atoms with van der Waals surface area (Å²) in [6, 6.07) is 4.39. The first-order valence-corrected chi connectivity index (χ1v) is 8.65. The van der Waals surface area contributed by atoms with Crippen molar-refractivity contribution in [1.82, 2.24) is 19.9 Å². The van der Waals surface area contributed by atoms with E-state index in [1.54, 1.807) is 22.7 Å². The van der Waals surface area contributed by atoms with Crippen LogP contribution < -0.4 is 5.32 Å². The highest BCUT2D eigenvalue weighted by atomic mass is 32.1. The fraction of sp³-hybridized carbons (Fsp3) is 0.333. The van der Waals surface area contributed by atoms with Crippen LogP contribution in [0.4, 0.5) is 0 Å². The molecule has 1 N–H and O–H groups in total. The lowest BCUT2D eigenvalue weighted by molar-refractivity contribution is 0.567. The zero-order valence-electron chi connectivity index (χ0n) is 12.1. The van der Waals surface area contributed by atoms with Gasteiger partial charge in [-0.2, -0.15) is 0 Å². The summed E-state index contributed by atoms with van der Waals surface area (Å²) in [4.78, 5) is 10.3. The first-order chi connectivity index (χ1) is 10.2. The molecule has 3 heterocycles. The number of thiazole rings is 1. The minimum Gasteiger partial charge on any atom is -0.336 e. The Morgan fingerprint density at radius 3 is 2.90 bits per heavy atom. The molecule has 3 aromatic heterocycles. The third-order valence-corrected chi connectivity index (χ3v) is 5.26. The second-order valence-electron chi connectivity index (χ2n) is 4.93. The Bertz CT molecular complexity index is 684. The minimum absolute atomic E-state index is 0.144. The van der Waals surface area contributed by atoms with Crippen molar-refractivity contribution in [1.29, 1.82) is 0 Å². The third kappa shape index (κ3) is 3.40. The van der Waals surface area contributed by atoms with E-state index < -0.39 is 0 Å². The Morgan fingerprint density at radius 1 is 1.38 bits per heavy atom. The smallest absolute Gasteiger partial charge is 0.131 e. The molecule has 0 aromatic carbocycles. The highest BCUT2D eigenvalue weighted by molar-refractivity contribution is 7.10. The molecule has 0 aliphatic carbocycles. The van der Waals surface area contributed by atoms with E-state index in [9.17, 15) is 0 Å². The number of hydrogen-bond donors (Lipinski definition) is 1. The maximum absolute atomic E-state index is 4.51. The second-order valence-corrected chi connectivity index (χ2v) is 6.85. The van der Waals surface area contributed by atoms with Crippen molar-refractivity contribution in [3.8, 4) is 0 Å². The van der Waals surface area contributed by atoms with Crippen LogP contribution >= 0.6 is 22.7 Å². The molecule has 4 nitrogen and oxygen atoms in total. The Balaban J connectivity index is 1.70. The molecule has 0 saturated heterocycles. The summed E-state index contributed by atoms with van der Waals surface area (Å²) in [6.07, 6.45) is 4.79. The highest BCUT2D eigenvalue weighted by Crippen LogP contribution is 2.24. The fourth-order valence-electron chi connectivity index (χ4n) is 2.27. The van der Waals surface area contributed by atoms with Gasteiger partial charge in [-0.25, -0.2) is 9.97 Å². The van der Waals surface area contributed by atoms with Crippen molar-refractivity contribution in [3.05, 3.63) is 56.7 Å². The van der Waals surface area contributed by atoms with Gasteiger partial charge in [0.15, 0.2) is 0 Å². The van der Waals surface area contributed by atoms with Crippen LogP contribution in [-0.4, -0.2) is 21.1 Å². The monoisotopic (exact) mass is 318 g/mol. The van der Waals surface area contributed by atoms with Gasteiger partial charge in [0.05, 0.1) is 5.01 Å². The number of nitrogens with one attached hydrogen (secondary N) is 1. The van der Waals surface area contributed by atoms with Crippen LogP contribution in [0.5, 0.6) is 0 Å². The first-order valence-electron chi connectivity index (χ1n) is 6.89. The van der Waals surface area contributed by atoms with E-state index in [2.05, 4.69) is 42.7 Å². The lowest BCUT2D eigenvalue weighted by Crippen LogP contribution is -2.26. The number of aryl methyl sites for hydroxylation is 2. The summed E-state index contributed by atoms with van der Waals surface area (Å²) < 4.78 is 2.07. The Hall–Kier alpha value is -1.50. The summed E-state index contributed by atoms with van der Waals surface area (Å²) in [5.74, 6) is 1.05. The molecule has 21 heavy (non-hydrogen) atoms. The van der Waals surface area contributed by atoms with E-state index in [1.165, 1.54) is 9.88 Å². The van der Waals surface area contributed by atoms with Gasteiger partial charge in [0.1, 0.15) is 11.9 Å². The average molecular weight is 318 g/mol.